The highest BCUT2D eigenvalue weighted by atomic mass is 16.5. The Balaban J connectivity index is 1.90. The number of hydrogen-bond donors (Lipinski definition) is 2. The van der Waals surface area contributed by atoms with Gasteiger partial charge < -0.3 is 15.2 Å². The van der Waals surface area contributed by atoms with Gasteiger partial charge in [-0.05, 0) is 50.1 Å². The first-order chi connectivity index (χ1) is 10.4. The number of rotatable bonds is 5. The smallest absolute Gasteiger partial charge is 0.262 e. The van der Waals surface area contributed by atoms with E-state index in [1.54, 1.807) is 38.1 Å². The number of amides is 1. The number of benzene rings is 2. The summed E-state index contributed by atoms with van der Waals surface area (Å²) in [6.07, 6.45) is 0. The fourth-order valence-corrected chi connectivity index (χ4v) is 2.01. The maximum Gasteiger partial charge on any atom is 0.262 e. The number of carbonyl (C=O) groups excluding carboxylic acids is 1. The summed E-state index contributed by atoms with van der Waals surface area (Å²) < 4.78 is 5.45. The number of hydrogen-bond acceptors (Lipinski definition) is 3. The van der Waals surface area contributed by atoms with Crippen molar-refractivity contribution in [3.05, 3.63) is 59.7 Å². The molecule has 0 fully saturated rings. The first kappa shape index (κ1) is 16.0. The normalized spacial score (nSPS) is 11.1. The van der Waals surface area contributed by atoms with E-state index in [1.807, 2.05) is 31.2 Å². The average Bonchev–Trinajstić information content (AvgIpc) is 2.47. The van der Waals surface area contributed by atoms with E-state index in [9.17, 15) is 9.90 Å². The van der Waals surface area contributed by atoms with Crippen molar-refractivity contribution in [1.82, 2.24) is 0 Å². The Kier molecular flexibility index (Phi) is 4.83. The molecule has 0 atom stereocenters. The van der Waals surface area contributed by atoms with E-state index in [0.717, 1.165) is 16.8 Å². The van der Waals surface area contributed by atoms with E-state index < -0.39 is 5.60 Å². The third kappa shape index (κ3) is 4.33. The summed E-state index contributed by atoms with van der Waals surface area (Å²) in [6, 6.07) is 14.6. The molecule has 0 unspecified atom stereocenters. The van der Waals surface area contributed by atoms with Crippen LogP contribution < -0.4 is 10.1 Å². The first-order valence-corrected chi connectivity index (χ1v) is 7.17. The molecule has 4 nitrogen and oxygen atoms in total. The zero-order chi connectivity index (χ0) is 16.2. The molecule has 2 rings (SSSR count). The Morgan fingerprint density at radius 3 is 2.36 bits per heavy atom. The Labute approximate surface area is 130 Å². The van der Waals surface area contributed by atoms with Gasteiger partial charge in [0.15, 0.2) is 6.61 Å². The summed E-state index contributed by atoms with van der Waals surface area (Å²) in [7, 11) is 0. The van der Waals surface area contributed by atoms with Crippen LogP contribution >= 0.6 is 0 Å². The fourth-order valence-electron chi connectivity index (χ4n) is 2.01. The van der Waals surface area contributed by atoms with Crippen molar-refractivity contribution in [2.24, 2.45) is 0 Å². The molecular formula is C18H21NO3. The number of para-hydroxylation sites is 1. The summed E-state index contributed by atoms with van der Waals surface area (Å²) in [6.45, 7) is 5.32. The molecule has 116 valence electrons. The van der Waals surface area contributed by atoms with Gasteiger partial charge in [-0.3, -0.25) is 4.79 Å². The maximum atomic E-state index is 11.9. The van der Waals surface area contributed by atoms with Gasteiger partial charge in [0.25, 0.3) is 5.91 Å². The lowest BCUT2D eigenvalue weighted by Crippen LogP contribution is -2.20. The standard InChI is InChI=1S/C18H21NO3/c1-13-6-4-5-7-16(13)19-17(20)12-22-15-10-8-14(9-11-15)18(2,3)21/h4-11,21H,12H2,1-3H3,(H,19,20). The SMILES string of the molecule is Cc1ccccc1NC(=O)COc1ccc(C(C)(C)O)cc1. The van der Waals surface area contributed by atoms with Crippen molar-refractivity contribution >= 4 is 11.6 Å². The van der Waals surface area contributed by atoms with E-state index in [1.165, 1.54) is 0 Å². The predicted octanol–water partition coefficient (Wildman–Crippen LogP) is 3.24. The largest absolute Gasteiger partial charge is 0.484 e. The molecule has 0 bridgehead atoms. The third-order valence-electron chi connectivity index (χ3n) is 3.35. The monoisotopic (exact) mass is 299 g/mol. The Hall–Kier alpha value is -2.33. The summed E-state index contributed by atoms with van der Waals surface area (Å²) in [5.74, 6) is 0.383. The highest BCUT2D eigenvalue weighted by Gasteiger charge is 2.15. The molecule has 2 N–H and O–H groups in total. The van der Waals surface area contributed by atoms with Crippen LogP contribution in [0.1, 0.15) is 25.0 Å². The van der Waals surface area contributed by atoms with Crippen LogP contribution in [0.4, 0.5) is 5.69 Å². The summed E-state index contributed by atoms with van der Waals surface area (Å²) in [4.78, 5) is 11.9. The molecule has 22 heavy (non-hydrogen) atoms. The van der Waals surface area contributed by atoms with Gasteiger partial charge in [0, 0.05) is 5.69 Å². The molecule has 1 amide bonds. The van der Waals surface area contributed by atoms with Gasteiger partial charge in [0.1, 0.15) is 5.75 Å². The number of nitrogens with one attached hydrogen (secondary N) is 1. The van der Waals surface area contributed by atoms with E-state index >= 15 is 0 Å². The summed E-state index contributed by atoms with van der Waals surface area (Å²) >= 11 is 0. The third-order valence-corrected chi connectivity index (χ3v) is 3.35. The molecule has 0 aliphatic heterocycles. The van der Waals surface area contributed by atoms with E-state index in [4.69, 9.17) is 4.74 Å². The summed E-state index contributed by atoms with van der Waals surface area (Å²) in [5, 5.41) is 12.7. The molecular weight excluding hydrogens is 278 g/mol. The highest BCUT2D eigenvalue weighted by molar-refractivity contribution is 5.92. The molecule has 0 saturated heterocycles. The van der Waals surface area contributed by atoms with Crippen molar-refractivity contribution in [2.75, 3.05) is 11.9 Å². The van der Waals surface area contributed by atoms with Crippen LogP contribution in [0, 0.1) is 6.92 Å². The minimum Gasteiger partial charge on any atom is -0.484 e. The first-order valence-electron chi connectivity index (χ1n) is 7.17. The van der Waals surface area contributed by atoms with E-state index in [2.05, 4.69) is 5.32 Å². The molecule has 0 aromatic heterocycles. The van der Waals surface area contributed by atoms with Gasteiger partial charge >= 0.3 is 0 Å². The number of aryl methyl sites for hydroxylation is 1. The molecule has 0 aliphatic carbocycles. The molecule has 4 heteroatoms. The topological polar surface area (TPSA) is 58.6 Å². The predicted molar refractivity (Wildman–Crippen MR) is 87.0 cm³/mol. The van der Waals surface area contributed by atoms with E-state index in [0.29, 0.717) is 5.75 Å². The van der Waals surface area contributed by atoms with Crippen molar-refractivity contribution < 1.29 is 14.6 Å². The lowest BCUT2D eigenvalue weighted by atomic mass is 9.99. The van der Waals surface area contributed by atoms with Crippen LogP contribution in [0.25, 0.3) is 0 Å². The molecule has 2 aromatic rings. The van der Waals surface area contributed by atoms with Crippen molar-refractivity contribution in [1.29, 1.82) is 0 Å². The van der Waals surface area contributed by atoms with Crippen LogP contribution in [0.2, 0.25) is 0 Å². The van der Waals surface area contributed by atoms with Crippen LogP contribution in [0.5, 0.6) is 5.75 Å². The molecule has 0 saturated carbocycles. The minimum atomic E-state index is -0.888. The van der Waals surface area contributed by atoms with Crippen molar-refractivity contribution in [2.45, 2.75) is 26.4 Å². The average molecular weight is 299 g/mol. The van der Waals surface area contributed by atoms with Gasteiger partial charge in [-0.1, -0.05) is 30.3 Å². The van der Waals surface area contributed by atoms with Crippen molar-refractivity contribution in [3.63, 3.8) is 0 Å². The minimum absolute atomic E-state index is 0.0593. The van der Waals surface area contributed by atoms with Gasteiger partial charge in [-0.25, -0.2) is 0 Å². The van der Waals surface area contributed by atoms with Crippen molar-refractivity contribution in [3.8, 4) is 5.75 Å². The lowest BCUT2D eigenvalue weighted by Gasteiger charge is -2.18. The maximum absolute atomic E-state index is 11.9. The zero-order valence-electron chi connectivity index (χ0n) is 13.1. The number of ether oxygens (including phenoxy) is 1. The molecule has 0 aliphatic rings. The Morgan fingerprint density at radius 1 is 1.14 bits per heavy atom. The van der Waals surface area contributed by atoms with Gasteiger partial charge in [-0.2, -0.15) is 0 Å². The molecule has 0 heterocycles. The fraction of sp³-hybridized carbons (Fsp3) is 0.278. The molecule has 0 radical (unpaired) electrons. The molecule has 2 aromatic carbocycles. The van der Waals surface area contributed by atoms with E-state index in [-0.39, 0.29) is 12.5 Å². The number of anilines is 1. The second-order valence-corrected chi connectivity index (χ2v) is 5.74. The highest BCUT2D eigenvalue weighted by Crippen LogP contribution is 2.22. The lowest BCUT2D eigenvalue weighted by molar-refractivity contribution is -0.118. The second-order valence-electron chi connectivity index (χ2n) is 5.74. The number of aliphatic hydroxyl groups is 1. The zero-order valence-corrected chi connectivity index (χ0v) is 13.1. The second kappa shape index (κ2) is 6.62. The van der Waals surface area contributed by atoms with Gasteiger partial charge in [0.05, 0.1) is 5.60 Å². The Bertz CT molecular complexity index is 642. The van der Waals surface area contributed by atoms with Crippen LogP contribution in [0.15, 0.2) is 48.5 Å². The number of carbonyl (C=O) groups is 1. The van der Waals surface area contributed by atoms with Crippen LogP contribution in [-0.4, -0.2) is 17.6 Å². The Morgan fingerprint density at radius 2 is 1.77 bits per heavy atom. The quantitative estimate of drug-likeness (QED) is 0.891. The van der Waals surface area contributed by atoms with Gasteiger partial charge in [-0.15, -0.1) is 0 Å². The van der Waals surface area contributed by atoms with Crippen LogP contribution in [-0.2, 0) is 10.4 Å². The summed E-state index contributed by atoms with van der Waals surface area (Å²) in [5.41, 5.74) is 1.70. The molecule has 0 spiro atoms. The van der Waals surface area contributed by atoms with Gasteiger partial charge in [0.2, 0.25) is 0 Å². The van der Waals surface area contributed by atoms with Crippen LogP contribution in [0.3, 0.4) is 0 Å².